The van der Waals surface area contributed by atoms with Crippen LogP contribution in [0.25, 0.3) is 11.3 Å². The molecule has 0 spiro atoms. The van der Waals surface area contributed by atoms with Crippen LogP contribution in [0.2, 0.25) is 0 Å². The number of pyridine rings is 1. The van der Waals surface area contributed by atoms with Crippen molar-refractivity contribution in [3.8, 4) is 23.2 Å². The lowest BCUT2D eigenvalue weighted by molar-refractivity contribution is -0.188. The summed E-state index contributed by atoms with van der Waals surface area (Å²) in [6, 6.07) is 14.0. The number of nitrogens with zero attached hydrogens (tertiary/aromatic N) is 4. The van der Waals surface area contributed by atoms with Gasteiger partial charge in [0.05, 0.1) is 12.2 Å². The minimum atomic E-state index is -0.188. The first-order valence-corrected chi connectivity index (χ1v) is 15.2. The SMILES string of the molecule is C[C@H](OC1CCCCO1)c1nccn1Cc1cc(-c2ccc(C#Cc3ccc(CNC45CC(CO)(C4)C5)nc3)cc2)on1. The van der Waals surface area contributed by atoms with Crippen molar-refractivity contribution in [1.29, 1.82) is 0 Å². The van der Waals surface area contributed by atoms with E-state index in [1.54, 1.807) is 6.20 Å². The Kier molecular flexibility index (Phi) is 7.62. The summed E-state index contributed by atoms with van der Waals surface area (Å²) >= 11 is 0. The fraction of sp³-hybridized carbons (Fsp3) is 0.441. The first-order chi connectivity index (χ1) is 21.0. The minimum absolute atomic E-state index is 0.172. The Labute approximate surface area is 251 Å². The lowest BCUT2D eigenvalue weighted by Crippen LogP contribution is -2.74. The highest BCUT2D eigenvalue weighted by Gasteiger charge is 2.67. The largest absolute Gasteiger partial charge is 0.396 e. The van der Waals surface area contributed by atoms with Crippen LogP contribution in [0, 0.1) is 17.3 Å². The predicted octanol–water partition coefficient (Wildman–Crippen LogP) is 4.99. The molecule has 222 valence electrons. The third kappa shape index (κ3) is 6.01. The highest BCUT2D eigenvalue weighted by molar-refractivity contribution is 5.59. The first-order valence-electron chi connectivity index (χ1n) is 15.2. The van der Waals surface area contributed by atoms with Crippen molar-refractivity contribution in [1.82, 2.24) is 25.0 Å². The van der Waals surface area contributed by atoms with Gasteiger partial charge in [0.25, 0.3) is 0 Å². The molecule has 2 bridgehead atoms. The number of aromatic nitrogens is 4. The van der Waals surface area contributed by atoms with Gasteiger partial charge in [0.1, 0.15) is 17.6 Å². The summed E-state index contributed by atoms with van der Waals surface area (Å²) in [6.45, 7) is 4.35. The Bertz CT molecular complexity index is 1590. The van der Waals surface area contributed by atoms with Crippen LogP contribution in [-0.4, -0.2) is 49.8 Å². The molecule has 1 aromatic carbocycles. The van der Waals surface area contributed by atoms with Gasteiger partial charge >= 0.3 is 0 Å². The Morgan fingerprint density at radius 1 is 1.07 bits per heavy atom. The Morgan fingerprint density at radius 2 is 1.88 bits per heavy atom. The summed E-state index contributed by atoms with van der Waals surface area (Å²) < 4.78 is 19.6. The lowest BCUT2D eigenvalue weighted by Gasteiger charge is -2.70. The molecule has 3 aromatic heterocycles. The van der Waals surface area contributed by atoms with E-state index in [9.17, 15) is 5.11 Å². The van der Waals surface area contributed by atoms with Crippen LogP contribution in [-0.2, 0) is 22.6 Å². The zero-order chi connectivity index (χ0) is 29.3. The number of imidazole rings is 1. The number of hydrogen-bond acceptors (Lipinski definition) is 8. The van der Waals surface area contributed by atoms with Gasteiger partial charge in [-0.2, -0.15) is 0 Å². The third-order valence-corrected chi connectivity index (χ3v) is 8.96. The van der Waals surface area contributed by atoms with E-state index >= 15 is 0 Å². The molecular weight excluding hydrogens is 542 g/mol. The van der Waals surface area contributed by atoms with Gasteiger partial charge in [-0.05, 0) is 87.3 Å². The molecule has 43 heavy (non-hydrogen) atoms. The number of hydrogen-bond donors (Lipinski definition) is 2. The smallest absolute Gasteiger partial charge is 0.167 e. The molecule has 3 saturated carbocycles. The first kappa shape index (κ1) is 28.0. The quantitative estimate of drug-likeness (QED) is 0.253. The van der Waals surface area contributed by atoms with E-state index in [0.29, 0.717) is 18.9 Å². The van der Waals surface area contributed by atoms with Crippen molar-refractivity contribution in [3.05, 3.63) is 89.4 Å². The molecule has 1 unspecified atom stereocenters. The monoisotopic (exact) mass is 579 g/mol. The molecular formula is C34H37N5O4. The summed E-state index contributed by atoms with van der Waals surface area (Å²) in [7, 11) is 0. The second kappa shape index (κ2) is 11.7. The number of rotatable bonds is 10. The van der Waals surface area contributed by atoms with Crippen LogP contribution in [0.15, 0.2) is 65.6 Å². The number of aliphatic hydroxyl groups excluding tert-OH is 1. The van der Waals surface area contributed by atoms with Gasteiger partial charge in [-0.1, -0.05) is 17.0 Å². The van der Waals surface area contributed by atoms with Crippen molar-refractivity contribution in [3.63, 3.8) is 0 Å². The molecule has 0 radical (unpaired) electrons. The van der Waals surface area contributed by atoms with Gasteiger partial charge < -0.3 is 29.0 Å². The Balaban J connectivity index is 0.926. The molecule has 4 aliphatic rings. The molecule has 0 amide bonds. The summed E-state index contributed by atoms with van der Waals surface area (Å²) in [6.07, 6.45) is 11.5. The van der Waals surface area contributed by atoms with Gasteiger partial charge in [-0.3, -0.25) is 4.98 Å². The summed E-state index contributed by atoms with van der Waals surface area (Å²) in [4.78, 5) is 9.10. The van der Waals surface area contributed by atoms with E-state index in [2.05, 4.69) is 32.3 Å². The van der Waals surface area contributed by atoms with Crippen LogP contribution in [0.4, 0.5) is 0 Å². The summed E-state index contributed by atoms with van der Waals surface area (Å²) in [5.74, 6) is 7.97. The standard InChI is InChI=1S/C34H37N5O4/c1-24(42-31-4-2-3-15-41-31)32-35-13-14-39(32)19-29-16-30(43-38-29)27-10-7-25(8-11-27)5-6-26-9-12-28(36-17-26)18-37-34-20-33(21-34,22-34)23-40/h7-14,16-17,24,31,37,40H,2-4,15,18-23H2,1H3/t24-,31?,33?,34?/m0/s1. The second-order valence-corrected chi connectivity index (χ2v) is 12.4. The normalized spacial score (nSPS) is 24.8. The van der Waals surface area contributed by atoms with E-state index < -0.39 is 0 Å². The maximum Gasteiger partial charge on any atom is 0.167 e. The average Bonchev–Trinajstić information content (AvgIpc) is 3.66. The zero-order valence-corrected chi connectivity index (χ0v) is 24.5. The molecule has 4 fully saturated rings. The van der Waals surface area contributed by atoms with Crippen LogP contribution < -0.4 is 5.32 Å². The number of benzene rings is 1. The Morgan fingerprint density at radius 3 is 2.63 bits per heavy atom. The van der Waals surface area contributed by atoms with Crippen LogP contribution >= 0.6 is 0 Å². The lowest BCUT2D eigenvalue weighted by atomic mass is 9.39. The van der Waals surface area contributed by atoms with E-state index in [0.717, 1.165) is 85.6 Å². The van der Waals surface area contributed by atoms with Gasteiger partial charge in [-0.15, -0.1) is 0 Å². The van der Waals surface area contributed by atoms with E-state index in [1.165, 1.54) is 0 Å². The van der Waals surface area contributed by atoms with Gasteiger partial charge in [0, 0.05) is 66.6 Å². The molecule has 2 N–H and O–H groups in total. The topological polar surface area (TPSA) is 107 Å². The Hall–Kier alpha value is -3.81. The number of ether oxygens (including phenoxy) is 2. The summed E-state index contributed by atoms with van der Waals surface area (Å²) in [5.41, 5.74) is 4.98. The molecule has 1 saturated heterocycles. The van der Waals surface area contributed by atoms with E-state index in [4.69, 9.17) is 14.0 Å². The number of nitrogens with one attached hydrogen (secondary N) is 1. The number of aliphatic hydroxyl groups is 1. The molecule has 9 nitrogen and oxygen atoms in total. The highest BCUT2D eigenvalue weighted by Crippen LogP contribution is 2.66. The highest BCUT2D eigenvalue weighted by atomic mass is 16.7. The van der Waals surface area contributed by atoms with Crippen molar-refractivity contribution in [2.24, 2.45) is 5.41 Å². The maximum atomic E-state index is 9.44. The van der Waals surface area contributed by atoms with E-state index in [-0.39, 0.29) is 23.3 Å². The van der Waals surface area contributed by atoms with Gasteiger partial charge in [-0.25, -0.2) is 4.98 Å². The summed E-state index contributed by atoms with van der Waals surface area (Å²) in [5, 5.41) is 17.4. The molecule has 1 aliphatic heterocycles. The average molecular weight is 580 g/mol. The van der Waals surface area contributed by atoms with Crippen molar-refractivity contribution in [2.45, 2.75) is 76.5 Å². The van der Waals surface area contributed by atoms with Crippen molar-refractivity contribution < 1.29 is 19.1 Å². The minimum Gasteiger partial charge on any atom is -0.396 e. The maximum absolute atomic E-state index is 9.44. The van der Waals surface area contributed by atoms with Crippen LogP contribution in [0.1, 0.15) is 79.9 Å². The van der Waals surface area contributed by atoms with Gasteiger partial charge in [0.2, 0.25) is 0 Å². The van der Waals surface area contributed by atoms with Gasteiger partial charge in [0.15, 0.2) is 12.1 Å². The molecule has 3 aliphatic carbocycles. The molecule has 8 rings (SSSR count). The van der Waals surface area contributed by atoms with E-state index in [1.807, 2.05) is 66.3 Å². The molecule has 4 aromatic rings. The molecule has 4 heterocycles. The fourth-order valence-electron chi connectivity index (χ4n) is 6.71. The van der Waals surface area contributed by atoms with Crippen LogP contribution in [0.5, 0.6) is 0 Å². The van der Waals surface area contributed by atoms with Crippen molar-refractivity contribution >= 4 is 0 Å². The molecule has 9 heteroatoms. The van der Waals surface area contributed by atoms with Crippen LogP contribution in [0.3, 0.4) is 0 Å². The third-order valence-electron chi connectivity index (χ3n) is 8.96. The van der Waals surface area contributed by atoms with Crippen molar-refractivity contribution in [2.75, 3.05) is 13.2 Å². The zero-order valence-electron chi connectivity index (χ0n) is 24.5. The predicted molar refractivity (Wildman–Crippen MR) is 160 cm³/mol. The second-order valence-electron chi connectivity index (χ2n) is 12.4. The fourth-order valence-corrected chi connectivity index (χ4v) is 6.71. The molecule has 2 atom stereocenters.